The maximum atomic E-state index is 11.9. The predicted molar refractivity (Wildman–Crippen MR) is 66.1 cm³/mol. The maximum absolute atomic E-state index is 11.9. The zero-order valence-corrected chi connectivity index (χ0v) is 11.1. The molecule has 0 spiro atoms. The number of amides is 1. The van der Waals surface area contributed by atoms with E-state index in [1.165, 1.54) is 0 Å². The number of nitro benzene ring substituents is 1. The molecule has 1 amide bonds. The molecular weight excluding hydrogens is 324 g/mol. The molecule has 0 radical (unpaired) electrons. The SMILES string of the molecule is O=C(NCCC(F)(F)F)c1c(Cl)ccc([N+](=O)[O-])c1Cl. The van der Waals surface area contributed by atoms with Crippen LogP contribution in [-0.4, -0.2) is 23.6 Å². The Kier molecular flexibility index (Phi) is 5.18. The van der Waals surface area contributed by atoms with Crippen molar-refractivity contribution in [3.63, 3.8) is 0 Å². The van der Waals surface area contributed by atoms with Gasteiger partial charge in [-0.25, -0.2) is 0 Å². The summed E-state index contributed by atoms with van der Waals surface area (Å²) < 4.78 is 35.8. The van der Waals surface area contributed by atoms with Crippen LogP contribution in [0.3, 0.4) is 0 Å². The summed E-state index contributed by atoms with van der Waals surface area (Å²) in [6, 6.07) is 2.07. The lowest BCUT2D eigenvalue weighted by Crippen LogP contribution is -2.28. The highest BCUT2D eigenvalue weighted by Gasteiger charge is 2.28. The Balaban J connectivity index is 2.93. The van der Waals surface area contributed by atoms with Gasteiger partial charge in [0.15, 0.2) is 0 Å². The maximum Gasteiger partial charge on any atom is 0.390 e. The topological polar surface area (TPSA) is 72.2 Å². The molecule has 0 aliphatic heterocycles. The van der Waals surface area contributed by atoms with Gasteiger partial charge in [-0.2, -0.15) is 13.2 Å². The number of halogens is 5. The summed E-state index contributed by atoms with van der Waals surface area (Å²) in [4.78, 5) is 21.5. The van der Waals surface area contributed by atoms with Gasteiger partial charge in [0, 0.05) is 12.6 Å². The molecule has 5 nitrogen and oxygen atoms in total. The van der Waals surface area contributed by atoms with Crippen LogP contribution in [0.4, 0.5) is 18.9 Å². The van der Waals surface area contributed by atoms with Crippen LogP contribution in [0.25, 0.3) is 0 Å². The fourth-order valence-electron chi connectivity index (χ4n) is 1.30. The minimum atomic E-state index is -4.43. The van der Waals surface area contributed by atoms with E-state index < -0.39 is 46.2 Å². The lowest BCUT2D eigenvalue weighted by Gasteiger charge is -2.10. The number of alkyl halides is 3. The van der Waals surface area contributed by atoms with E-state index in [0.29, 0.717) is 0 Å². The molecular formula is C10H7Cl2F3N2O3. The molecule has 0 atom stereocenters. The number of carbonyl (C=O) groups is 1. The highest BCUT2D eigenvalue weighted by Crippen LogP contribution is 2.33. The monoisotopic (exact) mass is 330 g/mol. The first-order chi connectivity index (χ1) is 9.13. The first-order valence-corrected chi connectivity index (χ1v) is 5.86. The van der Waals surface area contributed by atoms with Crippen molar-refractivity contribution in [3.8, 4) is 0 Å². The molecule has 1 aromatic rings. The van der Waals surface area contributed by atoms with E-state index >= 15 is 0 Å². The standard InChI is InChI=1S/C10H7Cl2F3N2O3/c11-5-1-2-6(17(19)20)8(12)7(5)9(18)16-4-3-10(13,14)15/h1-2H,3-4H2,(H,16,18). The highest BCUT2D eigenvalue weighted by atomic mass is 35.5. The van der Waals surface area contributed by atoms with E-state index in [1.54, 1.807) is 0 Å². The van der Waals surface area contributed by atoms with Gasteiger partial charge < -0.3 is 5.32 Å². The van der Waals surface area contributed by atoms with Crippen LogP contribution in [-0.2, 0) is 0 Å². The predicted octanol–water partition coefficient (Wildman–Crippen LogP) is 3.58. The molecule has 110 valence electrons. The molecule has 1 rings (SSSR count). The number of hydrogen-bond donors (Lipinski definition) is 1. The van der Waals surface area contributed by atoms with Gasteiger partial charge >= 0.3 is 6.18 Å². The van der Waals surface area contributed by atoms with E-state index in [0.717, 1.165) is 12.1 Å². The van der Waals surface area contributed by atoms with Gasteiger partial charge in [-0.3, -0.25) is 14.9 Å². The van der Waals surface area contributed by atoms with Crippen molar-refractivity contribution in [3.05, 3.63) is 37.9 Å². The number of carbonyl (C=O) groups excluding carboxylic acids is 1. The Bertz CT molecular complexity index is 549. The Hall–Kier alpha value is -1.54. The summed E-state index contributed by atoms with van der Waals surface area (Å²) in [6.45, 7) is -0.683. The highest BCUT2D eigenvalue weighted by molar-refractivity contribution is 6.41. The number of benzene rings is 1. The number of nitrogens with one attached hydrogen (secondary N) is 1. The normalized spacial score (nSPS) is 11.2. The summed E-state index contributed by atoms with van der Waals surface area (Å²) in [7, 11) is 0. The van der Waals surface area contributed by atoms with Crippen LogP contribution in [0.1, 0.15) is 16.8 Å². The molecule has 10 heteroatoms. The van der Waals surface area contributed by atoms with Crippen molar-refractivity contribution >= 4 is 34.8 Å². The van der Waals surface area contributed by atoms with Crippen molar-refractivity contribution in [1.29, 1.82) is 0 Å². The van der Waals surface area contributed by atoms with Gasteiger partial charge in [0.1, 0.15) is 5.02 Å². The van der Waals surface area contributed by atoms with E-state index in [9.17, 15) is 28.1 Å². The van der Waals surface area contributed by atoms with Crippen LogP contribution in [0.5, 0.6) is 0 Å². The van der Waals surface area contributed by atoms with Gasteiger partial charge in [0.05, 0.1) is 21.9 Å². The van der Waals surface area contributed by atoms with Gasteiger partial charge in [-0.1, -0.05) is 23.2 Å². The second-order valence-corrected chi connectivity index (χ2v) is 4.42. The fourth-order valence-corrected chi connectivity index (χ4v) is 1.91. The zero-order valence-electron chi connectivity index (χ0n) is 9.63. The Morgan fingerprint density at radius 3 is 2.45 bits per heavy atom. The third-order valence-electron chi connectivity index (χ3n) is 2.19. The number of nitro groups is 1. The van der Waals surface area contributed by atoms with E-state index in [-0.39, 0.29) is 5.02 Å². The van der Waals surface area contributed by atoms with Crippen molar-refractivity contribution in [1.82, 2.24) is 5.32 Å². The van der Waals surface area contributed by atoms with E-state index in [1.807, 2.05) is 5.32 Å². The van der Waals surface area contributed by atoms with Crippen LogP contribution >= 0.6 is 23.2 Å². The molecule has 0 bridgehead atoms. The van der Waals surface area contributed by atoms with Crippen molar-refractivity contribution in [2.75, 3.05) is 6.54 Å². The molecule has 0 saturated heterocycles. The number of nitrogens with zero attached hydrogens (tertiary/aromatic N) is 1. The van der Waals surface area contributed by atoms with Crippen molar-refractivity contribution in [2.45, 2.75) is 12.6 Å². The molecule has 20 heavy (non-hydrogen) atoms. The zero-order chi connectivity index (χ0) is 15.5. The Labute approximate surface area is 120 Å². The summed E-state index contributed by atoms with van der Waals surface area (Å²) in [5, 5.41) is 11.9. The molecule has 0 saturated carbocycles. The van der Waals surface area contributed by atoms with Crippen LogP contribution < -0.4 is 5.32 Å². The van der Waals surface area contributed by atoms with Gasteiger partial charge in [0.25, 0.3) is 11.6 Å². The smallest absolute Gasteiger partial charge is 0.352 e. The molecule has 0 aliphatic rings. The third-order valence-corrected chi connectivity index (χ3v) is 2.89. The summed E-state index contributed by atoms with van der Waals surface area (Å²) in [6.07, 6.45) is -5.66. The molecule has 0 unspecified atom stereocenters. The molecule has 0 aromatic heterocycles. The average molecular weight is 331 g/mol. The number of rotatable bonds is 4. The Morgan fingerprint density at radius 1 is 1.35 bits per heavy atom. The van der Waals surface area contributed by atoms with E-state index in [2.05, 4.69) is 0 Å². The average Bonchev–Trinajstić information content (AvgIpc) is 2.26. The minimum absolute atomic E-state index is 0.190. The molecule has 0 aliphatic carbocycles. The van der Waals surface area contributed by atoms with Gasteiger partial charge in [-0.15, -0.1) is 0 Å². The quantitative estimate of drug-likeness (QED) is 0.677. The van der Waals surface area contributed by atoms with Gasteiger partial charge in [0.2, 0.25) is 0 Å². The van der Waals surface area contributed by atoms with Crippen molar-refractivity contribution in [2.24, 2.45) is 0 Å². The Morgan fingerprint density at radius 2 is 1.95 bits per heavy atom. The first-order valence-electron chi connectivity index (χ1n) is 5.11. The van der Waals surface area contributed by atoms with Gasteiger partial charge in [-0.05, 0) is 6.07 Å². The second kappa shape index (κ2) is 6.27. The van der Waals surface area contributed by atoms with Crippen LogP contribution in [0.15, 0.2) is 12.1 Å². The van der Waals surface area contributed by atoms with Crippen LogP contribution in [0.2, 0.25) is 10.0 Å². The summed E-state index contributed by atoms with van der Waals surface area (Å²) >= 11 is 11.3. The molecule has 1 N–H and O–H groups in total. The van der Waals surface area contributed by atoms with Crippen LogP contribution in [0, 0.1) is 10.1 Å². The summed E-state index contributed by atoms with van der Waals surface area (Å²) in [5.74, 6) is -1.01. The lowest BCUT2D eigenvalue weighted by atomic mass is 10.2. The summed E-state index contributed by atoms with van der Waals surface area (Å²) in [5.41, 5.74) is -0.984. The second-order valence-electron chi connectivity index (χ2n) is 3.63. The first kappa shape index (κ1) is 16.5. The molecule has 1 aromatic carbocycles. The number of hydrogen-bond acceptors (Lipinski definition) is 3. The molecule has 0 fully saturated rings. The lowest BCUT2D eigenvalue weighted by molar-refractivity contribution is -0.384. The minimum Gasteiger partial charge on any atom is -0.352 e. The fraction of sp³-hybridized carbons (Fsp3) is 0.300. The largest absolute Gasteiger partial charge is 0.390 e. The third kappa shape index (κ3) is 4.24. The molecule has 0 heterocycles. The van der Waals surface area contributed by atoms with Crippen molar-refractivity contribution < 1.29 is 22.9 Å². The van der Waals surface area contributed by atoms with E-state index in [4.69, 9.17) is 23.2 Å².